The molecule has 2 aromatic carbocycles. The molecule has 0 heterocycles. The predicted octanol–water partition coefficient (Wildman–Crippen LogP) is 3.05. The standard InChI is InChI=1S/C21H26N2O5S/c1-13-7-9-17(11-15(13)3)21(25)28-16(4)20(24)22-19-12-18(10-8-14(19)2)29(26,27)23(5)6/h7-12,16H,1-6H3,(H,22,24). The first-order valence-corrected chi connectivity index (χ1v) is 10.5. The van der Waals surface area contributed by atoms with Crippen LogP contribution >= 0.6 is 0 Å². The van der Waals surface area contributed by atoms with Crippen molar-refractivity contribution in [2.75, 3.05) is 19.4 Å². The maximum absolute atomic E-state index is 12.5. The van der Waals surface area contributed by atoms with Crippen LogP contribution in [-0.2, 0) is 19.6 Å². The predicted molar refractivity (Wildman–Crippen MR) is 111 cm³/mol. The molecule has 0 aromatic heterocycles. The first-order chi connectivity index (χ1) is 13.4. The van der Waals surface area contributed by atoms with Gasteiger partial charge >= 0.3 is 5.97 Å². The van der Waals surface area contributed by atoms with Crippen LogP contribution in [0.15, 0.2) is 41.3 Å². The molecule has 1 N–H and O–H groups in total. The summed E-state index contributed by atoms with van der Waals surface area (Å²) in [7, 11) is -0.774. The molecule has 0 aliphatic rings. The molecule has 156 valence electrons. The number of carbonyl (C=O) groups is 2. The van der Waals surface area contributed by atoms with Gasteiger partial charge in [0.25, 0.3) is 5.91 Å². The first kappa shape index (κ1) is 22.6. The van der Waals surface area contributed by atoms with Crippen molar-refractivity contribution in [3.63, 3.8) is 0 Å². The summed E-state index contributed by atoms with van der Waals surface area (Å²) in [4.78, 5) is 24.9. The van der Waals surface area contributed by atoms with Crippen LogP contribution in [0.5, 0.6) is 0 Å². The van der Waals surface area contributed by atoms with Gasteiger partial charge in [-0.05, 0) is 68.7 Å². The Hall–Kier alpha value is -2.71. The minimum Gasteiger partial charge on any atom is -0.449 e. The Morgan fingerprint density at radius 1 is 0.966 bits per heavy atom. The van der Waals surface area contributed by atoms with E-state index in [-0.39, 0.29) is 4.90 Å². The van der Waals surface area contributed by atoms with E-state index < -0.39 is 28.0 Å². The number of hydrogen-bond donors (Lipinski definition) is 1. The Balaban J connectivity index is 2.15. The Labute approximate surface area is 171 Å². The summed E-state index contributed by atoms with van der Waals surface area (Å²) in [5.41, 5.74) is 3.39. The fraction of sp³-hybridized carbons (Fsp3) is 0.333. The van der Waals surface area contributed by atoms with Crippen molar-refractivity contribution < 1.29 is 22.7 Å². The molecular weight excluding hydrogens is 392 g/mol. The zero-order valence-electron chi connectivity index (χ0n) is 17.4. The van der Waals surface area contributed by atoms with Gasteiger partial charge in [-0.25, -0.2) is 17.5 Å². The van der Waals surface area contributed by atoms with Crippen molar-refractivity contribution in [2.45, 2.75) is 38.7 Å². The zero-order chi connectivity index (χ0) is 21.9. The number of hydrogen-bond acceptors (Lipinski definition) is 5. The molecule has 2 rings (SSSR count). The van der Waals surface area contributed by atoms with Gasteiger partial charge in [-0.15, -0.1) is 0 Å². The number of amides is 1. The molecule has 8 heteroatoms. The van der Waals surface area contributed by atoms with Crippen LogP contribution in [0.1, 0.15) is 34.0 Å². The highest BCUT2D eigenvalue weighted by Gasteiger charge is 2.22. The Morgan fingerprint density at radius 2 is 1.59 bits per heavy atom. The Bertz CT molecular complexity index is 1050. The number of ether oxygens (including phenoxy) is 1. The molecule has 0 saturated heterocycles. The molecule has 0 aliphatic heterocycles. The van der Waals surface area contributed by atoms with Gasteiger partial charge < -0.3 is 10.1 Å². The van der Waals surface area contributed by atoms with Crippen LogP contribution < -0.4 is 5.32 Å². The Morgan fingerprint density at radius 3 is 2.17 bits per heavy atom. The highest BCUT2D eigenvalue weighted by molar-refractivity contribution is 7.89. The van der Waals surface area contributed by atoms with Gasteiger partial charge in [0.2, 0.25) is 10.0 Å². The number of carbonyl (C=O) groups excluding carboxylic acids is 2. The van der Waals surface area contributed by atoms with E-state index in [1.807, 2.05) is 19.9 Å². The lowest BCUT2D eigenvalue weighted by atomic mass is 10.1. The summed E-state index contributed by atoms with van der Waals surface area (Å²) in [6.07, 6.45) is -1.06. The number of sulfonamides is 1. The molecule has 0 saturated carbocycles. The molecule has 1 amide bonds. The number of aryl methyl sites for hydroxylation is 3. The van der Waals surface area contributed by atoms with Crippen molar-refractivity contribution in [2.24, 2.45) is 0 Å². The minimum atomic E-state index is -3.64. The number of benzene rings is 2. The van der Waals surface area contributed by atoms with Crippen LogP contribution in [0.3, 0.4) is 0 Å². The number of anilines is 1. The van der Waals surface area contributed by atoms with E-state index in [4.69, 9.17) is 4.74 Å². The third-order valence-corrected chi connectivity index (χ3v) is 6.45. The van der Waals surface area contributed by atoms with E-state index in [1.165, 1.54) is 33.2 Å². The molecule has 0 bridgehead atoms. The SMILES string of the molecule is Cc1ccc(C(=O)OC(C)C(=O)Nc2cc(S(=O)(=O)N(C)C)ccc2C)cc1C. The fourth-order valence-corrected chi connectivity index (χ4v) is 3.42. The summed E-state index contributed by atoms with van der Waals surface area (Å²) >= 11 is 0. The maximum Gasteiger partial charge on any atom is 0.338 e. The van der Waals surface area contributed by atoms with Crippen LogP contribution in [0.25, 0.3) is 0 Å². The molecule has 0 radical (unpaired) electrons. The number of nitrogens with one attached hydrogen (secondary N) is 1. The Kier molecular flexibility index (Phi) is 6.81. The highest BCUT2D eigenvalue weighted by Crippen LogP contribution is 2.22. The van der Waals surface area contributed by atoms with Crippen molar-refractivity contribution in [1.82, 2.24) is 4.31 Å². The minimum absolute atomic E-state index is 0.0585. The second-order valence-corrected chi connectivity index (χ2v) is 9.25. The van der Waals surface area contributed by atoms with Crippen molar-refractivity contribution in [1.29, 1.82) is 0 Å². The summed E-state index contributed by atoms with van der Waals surface area (Å²) in [6.45, 7) is 7.03. The largest absolute Gasteiger partial charge is 0.449 e. The fourth-order valence-electron chi connectivity index (χ4n) is 2.49. The van der Waals surface area contributed by atoms with Crippen LogP contribution in [0.2, 0.25) is 0 Å². The second kappa shape index (κ2) is 8.75. The first-order valence-electron chi connectivity index (χ1n) is 9.05. The molecular formula is C21H26N2O5S. The van der Waals surface area contributed by atoms with Gasteiger partial charge in [0, 0.05) is 19.8 Å². The average Bonchev–Trinajstić information content (AvgIpc) is 2.65. The maximum atomic E-state index is 12.5. The number of nitrogens with zero attached hydrogens (tertiary/aromatic N) is 1. The van der Waals surface area contributed by atoms with Gasteiger partial charge in [-0.2, -0.15) is 0 Å². The van der Waals surface area contributed by atoms with Crippen LogP contribution in [0.4, 0.5) is 5.69 Å². The summed E-state index contributed by atoms with van der Waals surface area (Å²) < 4.78 is 31.0. The van der Waals surface area contributed by atoms with Gasteiger partial charge in [0.15, 0.2) is 6.10 Å². The lowest BCUT2D eigenvalue weighted by Crippen LogP contribution is -2.30. The van der Waals surface area contributed by atoms with Gasteiger partial charge in [0.1, 0.15) is 0 Å². The van der Waals surface area contributed by atoms with Gasteiger partial charge in [-0.1, -0.05) is 12.1 Å². The van der Waals surface area contributed by atoms with E-state index in [9.17, 15) is 18.0 Å². The van der Waals surface area contributed by atoms with E-state index in [1.54, 1.807) is 25.1 Å². The molecule has 0 fully saturated rings. The number of rotatable bonds is 6. The van der Waals surface area contributed by atoms with Gasteiger partial charge in [0.05, 0.1) is 10.5 Å². The molecule has 0 spiro atoms. The topological polar surface area (TPSA) is 92.8 Å². The van der Waals surface area contributed by atoms with E-state index in [2.05, 4.69) is 5.32 Å². The van der Waals surface area contributed by atoms with Crippen molar-refractivity contribution in [3.05, 3.63) is 58.7 Å². The summed E-state index contributed by atoms with van der Waals surface area (Å²) in [5.74, 6) is -1.15. The summed E-state index contributed by atoms with van der Waals surface area (Å²) in [5, 5.41) is 2.64. The van der Waals surface area contributed by atoms with Gasteiger partial charge in [-0.3, -0.25) is 4.79 Å². The van der Waals surface area contributed by atoms with Crippen LogP contribution in [0, 0.1) is 20.8 Å². The second-order valence-electron chi connectivity index (χ2n) is 7.10. The molecule has 1 atom stereocenters. The highest BCUT2D eigenvalue weighted by atomic mass is 32.2. The summed E-state index contributed by atoms with van der Waals surface area (Å²) in [6, 6.07) is 9.65. The zero-order valence-corrected chi connectivity index (χ0v) is 18.3. The molecule has 7 nitrogen and oxygen atoms in total. The molecule has 1 unspecified atom stereocenters. The van der Waals surface area contributed by atoms with Crippen molar-refractivity contribution >= 4 is 27.6 Å². The normalized spacial score (nSPS) is 12.5. The van der Waals surface area contributed by atoms with E-state index >= 15 is 0 Å². The van der Waals surface area contributed by atoms with E-state index in [0.717, 1.165) is 15.4 Å². The van der Waals surface area contributed by atoms with Crippen molar-refractivity contribution in [3.8, 4) is 0 Å². The smallest absolute Gasteiger partial charge is 0.338 e. The lowest BCUT2D eigenvalue weighted by Gasteiger charge is -2.17. The quantitative estimate of drug-likeness (QED) is 0.728. The lowest BCUT2D eigenvalue weighted by molar-refractivity contribution is -0.123. The molecule has 2 aromatic rings. The third kappa shape index (κ3) is 5.21. The monoisotopic (exact) mass is 418 g/mol. The molecule has 0 aliphatic carbocycles. The molecule has 29 heavy (non-hydrogen) atoms. The van der Waals surface area contributed by atoms with E-state index in [0.29, 0.717) is 16.8 Å². The van der Waals surface area contributed by atoms with Crippen LogP contribution in [-0.4, -0.2) is 44.8 Å². The number of esters is 1. The average molecular weight is 419 g/mol. The third-order valence-electron chi connectivity index (χ3n) is 4.64.